The summed E-state index contributed by atoms with van der Waals surface area (Å²) in [5.41, 5.74) is -0.507. The SMILES string of the molecule is O=C(Nc1cc(C(F)(F)F)ccc1-n1cccn1)C1CCN(C(=O)c2ccco2)CC1. The maximum absolute atomic E-state index is 13.2. The number of furan rings is 1. The van der Waals surface area contributed by atoms with Crippen LogP contribution < -0.4 is 5.32 Å². The lowest BCUT2D eigenvalue weighted by molar-refractivity contribution is -0.137. The van der Waals surface area contributed by atoms with E-state index >= 15 is 0 Å². The molecule has 0 bridgehead atoms. The lowest BCUT2D eigenvalue weighted by atomic mass is 9.95. The van der Waals surface area contributed by atoms with Gasteiger partial charge in [-0.2, -0.15) is 18.3 Å². The predicted molar refractivity (Wildman–Crippen MR) is 105 cm³/mol. The van der Waals surface area contributed by atoms with E-state index in [9.17, 15) is 22.8 Å². The Morgan fingerprint density at radius 3 is 2.52 bits per heavy atom. The van der Waals surface area contributed by atoms with Gasteiger partial charge in [0, 0.05) is 31.4 Å². The van der Waals surface area contributed by atoms with Gasteiger partial charge in [-0.3, -0.25) is 9.59 Å². The summed E-state index contributed by atoms with van der Waals surface area (Å²) in [5, 5.41) is 6.67. The number of hydrogen-bond acceptors (Lipinski definition) is 4. The zero-order valence-corrected chi connectivity index (χ0v) is 16.3. The molecule has 0 unspecified atom stereocenters. The van der Waals surface area contributed by atoms with Crippen LogP contribution in [-0.4, -0.2) is 39.6 Å². The molecule has 4 rings (SSSR count). The zero-order chi connectivity index (χ0) is 22.0. The Kier molecular flexibility index (Phi) is 5.53. The third-order valence-corrected chi connectivity index (χ3v) is 5.22. The number of carbonyl (C=O) groups excluding carboxylic acids is 2. The summed E-state index contributed by atoms with van der Waals surface area (Å²) in [6, 6.07) is 7.96. The highest BCUT2D eigenvalue weighted by atomic mass is 19.4. The summed E-state index contributed by atoms with van der Waals surface area (Å²) in [4.78, 5) is 26.8. The quantitative estimate of drug-likeness (QED) is 0.677. The van der Waals surface area contributed by atoms with Crippen molar-refractivity contribution < 1.29 is 27.2 Å². The van der Waals surface area contributed by atoms with Crippen molar-refractivity contribution in [1.82, 2.24) is 14.7 Å². The molecule has 10 heteroatoms. The van der Waals surface area contributed by atoms with Gasteiger partial charge in [0.25, 0.3) is 5.91 Å². The number of aromatic nitrogens is 2. The number of benzene rings is 1. The van der Waals surface area contributed by atoms with E-state index in [-0.39, 0.29) is 17.4 Å². The molecule has 0 saturated carbocycles. The number of nitrogens with one attached hydrogen (secondary N) is 1. The van der Waals surface area contributed by atoms with Gasteiger partial charge in [0.1, 0.15) is 0 Å². The van der Waals surface area contributed by atoms with Crippen molar-refractivity contribution in [2.75, 3.05) is 18.4 Å². The number of halogens is 3. The van der Waals surface area contributed by atoms with Gasteiger partial charge in [-0.25, -0.2) is 4.68 Å². The van der Waals surface area contributed by atoms with Crippen LogP contribution in [0.4, 0.5) is 18.9 Å². The molecule has 1 aliphatic rings. The number of anilines is 1. The predicted octanol–water partition coefficient (Wildman–Crippen LogP) is 3.98. The first-order chi connectivity index (χ1) is 14.8. The van der Waals surface area contributed by atoms with Gasteiger partial charge in [0.05, 0.1) is 23.2 Å². The molecule has 1 fully saturated rings. The van der Waals surface area contributed by atoms with Crippen molar-refractivity contribution in [2.45, 2.75) is 19.0 Å². The molecular weight excluding hydrogens is 413 g/mol. The van der Waals surface area contributed by atoms with Crippen LogP contribution in [0.1, 0.15) is 29.0 Å². The number of amides is 2. The van der Waals surface area contributed by atoms with Crippen LogP contribution in [0.2, 0.25) is 0 Å². The Labute approximate surface area is 175 Å². The molecule has 0 aliphatic carbocycles. The van der Waals surface area contributed by atoms with Crippen molar-refractivity contribution in [2.24, 2.45) is 5.92 Å². The molecule has 31 heavy (non-hydrogen) atoms. The fraction of sp³-hybridized carbons (Fsp3) is 0.286. The van der Waals surface area contributed by atoms with E-state index in [1.807, 2.05) is 0 Å². The summed E-state index contributed by atoms with van der Waals surface area (Å²) < 4.78 is 46.1. The summed E-state index contributed by atoms with van der Waals surface area (Å²) >= 11 is 0. The molecule has 0 spiro atoms. The number of likely N-dealkylation sites (tertiary alicyclic amines) is 1. The highest BCUT2D eigenvalue weighted by Gasteiger charge is 2.33. The van der Waals surface area contributed by atoms with Crippen molar-refractivity contribution in [3.05, 3.63) is 66.4 Å². The maximum Gasteiger partial charge on any atom is 0.416 e. The van der Waals surface area contributed by atoms with E-state index in [1.54, 1.807) is 29.3 Å². The summed E-state index contributed by atoms with van der Waals surface area (Å²) in [6.45, 7) is 0.707. The third-order valence-electron chi connectivity index (χ3n) is 5.22. The number of carbonyl (C=O) groups is 2. The van der Waals surface area contributed by atoms with E-state index in [1.165, 1.54) is 23.2 Å². The second-order valence-electron chi connectivity index (χ2n) is 7.21. The first-order valence-corrected chi connectivity index (χ1v) is 9.68. The fourth-order valence-electron chi connectivity index (χ4n) is 3.56. The Morgan fingerprint density at radius 2 is 1.90 bits per heavy atom. The summed E-state index contributed by atoms with van der Waals surface area (Å²) in [6.07, 6.45) is 0.744. The average molecular weight is 432 g/mol. The van der Waals surface area contributed by atoms with Crippen molar-refractivity contribution in [1.29, 1.82) is 0 Å². The molecule has 3 aromatic rings. The number of piperidine rings is 1. The Hall–Kier alpha value is -3.56. The highest BCUT2D eigenvalue weighted by Crippen LogP contribution is 2.34. The molecular formula is C21H19F3N4O3. The lowest BCUT2D eigenvalue weighted by Crippen LogP contribution is -2.41. The molecule has 2 amide bonds. The largest absolute Gasteiger partial charge is 0.459 e. The summed E-state index contributed by atoms with van der Waals surface area (Å²) in [7, 11) is 0. The third kappa shape index (κ3) is 4.47. The highest BCUT2D eigenvalue weighted by molar-refractivity contribution is 5.95. The van der Waals surface area contributed by atoms with Crippen LogP contribution in [0.3, 0.4) is 0 Å². The first kappa shape index (κ1) is 20.7. The van der Waals surface area contributed by atoms with Crippen LogP contribution in [0.5, 0.6) is 0 Å². The molecule has 2 aromatic heterocycles. The molecule has 0 atom stereocenters. The first-order valence-electron chi connectivity index (χ1n) is 9.68. The zero-order valence-electron chi connectivity index (χ0n) is 16.3. The van der Waals surface area contributed by atoms with Crippen LogP contribution in [0, 0.1) is 5.92 Å². The van der Waals surface area contributed by atoms with E-state index in [0.29, 0.717) is 31.6 Å². The minimum absolute atomic E-state index is 0.0256. The van der Waals surface area contributed by atoms with Gasteiger partial charge in [0.15, 0.2) is 5.76 Å². The van der Waals surface area contributed by atoms with Crippen LogP contribution >= 0.6 is 0 Å². The van der Waals surface area contributed by atoms with Crippen LogP contribution in [0.25, 0.3) is 5.69 Å². The topological polar surface area (TPSA) is 80.4 Å². The molecule has 1 aliphatic heterocycles. The van der Waals surface area contributed by atoms with Gasteiger partial charge in [-0.15, -0.1) is 0 Å². The number of nitrogens with zero attached hydrogens (tertiary/aromatic N) is 3. The smallest absolute Gasteiger partial charge is 0.416 e. The van der Waals surface area contributed by atoms with Gasteiger partial charge >= 0.3 is 6.18 Å². The lowest BCUT2D eigenvalue weighted by Gasteiger charge is -2.31. The van der Waals surface area contributed by atoms with Gasteiger partial charge in [0.2, 0.25) is 5.91 Å². The van der Waals surface area contributed by atoms with Crippen molar-refractivity contribution in [3.63, 3.8) is 0 Å². The molecule has 7 nitrogen and oxygen atoms in total. The molecule has 1 N–H and O–H groups in total. The minimum atomic E-state index is -4.54. The maximum atomic E-state index is 13.2. The number of rotatable bonds is 4. The van der Waals surface area contributed by atoms with E-state index in [2.05, 4.69) is 10.4 Å². The monoisotopic (exact) mass is 432 g/mol. The molecule has 1 saturated heterocycles. The van der Waals surface area contributed by atoms with Crippen LogP contribution in [0.15, 0.2) is 59.5 Å². The molecule has 1 aromatic carbocycles. The fourth-order valence-corrected chi connectivity index (χ4v) is 3.56. The molecule has 3 heterocycles. The molecule has 162 valence electrons. The number of alkyl halides is 3. The Morgan fingerprint density at radius 1 is 1.13 bits per heavy atom. The van der Waals surface area contributed by atoms with E-state index < -0.39 is 23.6 Å². The van der Waals surface area contributed by atoms with Crippen molar-refractivity contribution in [3.8, 4) is 5.69 Å². The van der Waals surface area contributed by atoms with E-state index in [4.69, 9.17) is 4.42 Å². The normalized spacial score (nSPS) is 15.1. The second kappa shape index (κ2) is 8.29. The van der Waals surface area contributed by atoms with Crippen LogP contribution in [-0.2, 0) is 11.0 Å². The Balaban J connectivity index is 1.47. The van der Waals surface area contributed by atoms with E-state index in [0.717, 1.165) is 12.1 Å². The second-order valence-corrected chi connectivity index (χ2v) is 7.21. The minimum Gasteiger partial charge on any atom is -0.459 e. The van der Waals surface area contributed by atoms with Gasteiger partial charge in [-0.05, 0) is 49.2 Å². The van der Waals surface area contributed by atoms with Gasteiger partial charge < -0.3 is 14.6 Å². The average Bonchev–Trinajstić information content (AvgIpc) is 3.47. The summed E-state index contributed by atoms with van der Waals surface area (Å²) in [5.74, 6) is -0.836. The Bertz CT molecular complexity index is 1050. The number of hydrogen-bond donors (Lipinski definition) is 1. The van der Waals surface area contributed by atoms with Crippen molar-refractivity contribution >= 4 is 17.5 Å². The van der Waals surface area contributed by atoms with Gasteiger partial charge in [-0.1, -0.05) is 0 Å². The molecule has 0 radical (unpaired) electrons. The standard InChI is InChI=1S/C21H19F3N4O3/c22-21(23,24)15-4-5-17(28-9-2-8-25-28)16(13-15)26-19(29)14-6-10-27(11-7-14)20(30)18-3-1-12-31-18/h1-5,8-9,12-14H,6-7,10-11H2,(H,26,29).